The molecule has 0 atom stereocenters. The van der Waals surface area contributed by atoms with Gasteiger partial charge in [0.15, 0.2) is 5.83 Å². The molecule has 0 bridgehead atoms. The minimum atomic E-state index is -0.623. The molecule has 1 nitrogen and oxygen atoms in total. The summed E-state index contributed by atoms with van der Waals surface area (Å²) in [5, 5.41) is 0. The quantitative estimate of drug-likeness (QED) is 0.414. The summed E-state index contributed by atoms with van der Waals surface area (Å²) in [6.07, 6.45) is 0. The van der Waals surface area contributed by atoms with Gasteiger partial charge in [-0.25, -0.2) is 4.39 Å². The molecule has 0 amide bonds. The van der Waals surface area contributed by atoms with Gasteiger partial charge >= 0.3 is 0 Å². The average molecular weight is 132 g/mol. The van der Waals surface area contributed by atoms with Crippen LogP contribution in [-0.4, -0.2) is 7.11 Å². The third-order valence-corrected chi connectivity index (χ3v) is 0.549. The van der Waals surface area contributed by atoms with Crippen LogP contribution in [-0.2, 0) is 4.74 Å². The van der Waals surface area contributed by atoms with E-state index in [1.807, 2.05) is 13.8 Å². The lowest BCUT2D eigenvalue weighted by atomic mass is 10.5. The summed E-state index contributed by atoms with van der Waals surface area (Å²) in [6, 6.07) is 0. The molecule has 0 radical (unpaired) electrons. The Kier molecular flexibility index (Phi) is 8.87. The number of ether oxygens (including phenoxy) is 1. The molecular weight excluding hydrogens is 119 g/mol. The van der Waals surface area contributed by atoms with Gasteiger partial charge in [0.1, 0.15) is 5.76 Å². The van der Waals surface area contributed by atoms with Gasteiger partial charge in [0.05, 0.1) is 7.11 Å². The van der Waals surface area contributed by atoms with E-state index in [2.05, 4.69) is 17.9 Å². The van der Waals surface area contributed by atoms with E-state index in [9.17, 15) is 4.39 Å². The van der Waals surface area contributed by atoms with E-state index in [0.29, 0.717) is 0 Å². The summed E-state index contributed by atoms with van der Waals surface area (Å²) in [4.78, 5) is 0. The Labute approximate surface area is 55.8 Å². The smallest absolute Gasteiger partial charge is 0.157 e. The van der Waals surface area contributed by atoms with Crippen LogP contribution in [0, 0.1) is 0 Å². The number of halogens is 1. The van der Waals surface area contributed by atoms with Crippen LogP contribution >= 0.6 is 0 Å². The molecule has 0 saturated carbocycles. The van der Waals surface area contributed by atoms with Crippen LogP contribution in [0.1, 0.15) is 13.8 Å². The van der Waals surface area contributed by atoms with Crippen LogP contribution in [0.3, 0.4) is 0 Å². The van der Waals surface area contributed by atoms with E-state index in [1.165, 1.54) is 7.11 Å². The van der Waals surface area contributed by atoms with E-state index >= 15 is 0 Å². The number of allylic oxidation sites excluding steroid dienone is 1. The van der Waals surface area contributed by atoms with Crippen molar-refractivity contribution in [1.29, 1.82) is 0 Å². The molecule has 0 saturated heterocycles. The third-order valence-electron chi connectivity index (χ3n) is 0.549. The van der Waals surface area contributed by atoms with Gasteiger partial charge in [-0.2, -0.15) is 0 Å². The molecule has 0 rings (SSSR count). The predicted molar refractivity (Wildman–Crippen MR) is 37.7 cm³/mol. The summed E-state index contributed by atoms with van der Waals surface area (Å²) in [7, 11) is 1.34. The SMILES string of the molecule is C=C(F)C(=C)OC.CC. The number of hydrogen-bond acceptors (Lipinski definition) is 1. The highest BCUT2D eigenvalue weighted by molar-refractivity contribution is 5.10. The molecule has 0 aromatic heterocycles. The second-order valence-electron chi connectivity index (χ2n) is 1.03. The molecule has 0 aliphatic rings. The summed E-state index contributed by atoms with van der Waals surface area (Å²) in [5.74, 6) is -0.637. The zero-order valence-corrected chi connectivity index (χ0v) is 6.20. The first-order valence-corrected chi connectivity index (χ1v) is 2.76. The van der Waals surface area contributed by atoms with Crippen molar-refractivity contribution in [3.05, 3.63) is 24.7 Å². The van der Waals surface area contributed by atoms with Gasteiger partial charge in [0, 0.05) is 0 Å². The number of methoxy groups -OCH3 is 1. The summed E-state index contributed by atoms with van der Waals surface area (Å²) < 4.78 is 16.0. The molecule has 0 heterocycles. The Morgan fingerprint density at radius 2 is 1.67 bits per heavy atom. The normalized spacial score (nSPS) is 6.67. The van der Waals surface area contributed by atoms with Crippen molar-refractivity contribution in [3.63, 3.8) is 0 Å². The van der Waals surface area contributed by atoms with Gasteiger partial charge in [-0.3, -0.25) is 0 Å². The maximum absolute atomic E-state index is 11.7. The average Bonchev–Trinajstić information content (AvgIpc) is 1.91. The van der Waals surface area contributed by atoms with E-state index < -0.39 is 5.83 Å². The second-order valence-corrected chi connectivity index (χ2v) is 1.03. The van der Waals surface area contributed by atoms with Crippen molar-refractivity contribution < 1.29 is 9.13 Å². The highest BCUT2D eigenvalue weighted by Gasteiger charge is 1.91. The maximum Gasteiger partial charge on any atom is 0.157 e. The molecular formula is C7H13FO. The minimum absolute atomic E-state index is 0.0139. The van der Waals surface area contributed by atoms with E-state index in [4.69, 9.17) is 0 Å². The lowest BCUT2D eigenvalue weighted by molar-refractivity contribution is 0.286. The Hall–Kier alpha value is -0.790. The first-order valence-electron chi connectivity index (χ1n) is 2.76. The monoisotopic (exact) mass is 132 g/mol. The summed E-state index contributed by atoms with van der Waals surface area (Å²) in [6.45, 7) is 10.1. The third kappa shape index (κ3) is 7.21. The van der Waals surface area contributed by atoms with E-state index in [1.54, 1.807) is 0 Å². The molecule has 9 heavy (non-hydrogen) atoms. The Balaban J connectivity index is 0. The fourth-order valence-electron chi connectivity index (χ4n) is 0.111. The van der Waals surface area contributed by atoms with Crippen molar-refractivity contribution in [3.8, 4) is 0 Å². The van der Waals surface area contributed by atoms with Gasteiger partial charge in [-0.05, 0) is 0 Å². The van der Waals surface area contributed by atoms with Gasteiger partial charge in [0.2, 0.25) is 0 Å². The largest absolute Gasteiger partial charge is 0.494 e. The predicted octanol–water partition coefficient (Wildman–Crippen LogP) is 2.66. The van der Waals surface area contributed by atoms with Crippen molar-refractivity contribution in [2.24, 2.45) is 0 Å². The lowest BCUT2D eigenvalue weighted by Gasteiger charge is -1.95. The maximum atomic E-state index is 11.7. The standard InChI is InChI=1S/C5H7FO.C2H6/c1-4(6)5(2)7-3;1-2/h1-2H2,3H3;1-2H3. The van der Waals surface area contributed by atoms with E-state index in [0.717, 1.165) is 0 Å². The van der Waals surface area contributed by atoms with Crippen LogP contribution in [0.25, 0.3) is 0 Å². The molecule has 0 spiro atoms. The van der Waals surface area contributed by atoms with Crippen molar-refractivity contribution in [1.82, 2.24) is 0 Å². The number of hydrogen-bond donors (Lipinski definition) is 0. The first-order chi connectivity index (χ1) is 4.18. The fourth-order valence-corrected chi connectivity index (χ4v) is 0.111. The Morgan fingerprint density at radius 3 is 1.67 bits per heavy atom. The molecule has 0 aliphatic carbocycles. The molecule has 54 valence electrons. The second kappa shape index (κ2) is 7.21. The fraction of sp³-hybridized carbons (Fsp3) is 0.429. The Bertz CT molecular complexity index is 97.1. The summed E-state index contributed by atoms with van der Waals surface area (Å²) in [5.41, 5.74) is 0. The van der Waals surface area contributed by atoms with Crippen LogP contribution in [0.15, 0.2) is 24.7 Å². The minimum Gasteiger partial charge on any atom is -0.494 e. The molecule has 2 heteroatoms. The van der Waals surface area contributed by atoms with Crippen LogP contribution < -0.4 is 0 Å². The Morgan fingerprint density at radius 1 is 1.33 bits per heavy atom. The van der Waals surface area contributed by atoms with Crippen LogP contribution in [0.2, 0.25) is 0 Å². The molecule has 0 N–H and O–H groups in total. The molecule has 0 aliphatic heterocycles. The van der Waals surface area contributed by atoms with Crippen molar-refractivity contribution in [2.75, 3.05) is 7.11 Å². The zero-order chi connectivity index (χ0) is 7.86. The van der Waals surface area contributed by atoms with Crippen LogP contribution in [0.4, 0.5) is 4.39 Å². The van der Waals surface area contributed by atoms with Gasteiger partial charge in [-0.15, -0.1) is 0 Å². The molecule has 0 aromatic rings. The van der Waals surface area contributed by atoms with Gasteiger partial charge < -0.3 is 4.74 Å². The highest BCUT2D eigenvalue weighted by atomic mass is 19.1. The van der Waals surface area contributed by atoms with Gasteiger partial charge in [-0.1, -0.05) is 27.0 Å². The number of rotatable bonds is 2. The molecule has 0 unspecified atom stereocenters. The highest BCUT2D eigenvalue weighted by Crippen LogP contribution is 2.04. The zero-order valence-electron chi connectivity index (χ0n) is 6.20. The van der Waals surface area contributed by atoms with E-state index in [-0.39, 0.29) is 5.76 Å². The topological polar surface area (TPSA) is 9.23 Å². The molecule has 0 fully saturated rings. The first kappa shape index (κ1) is 11.1. The molecule has 0 aromatic carbocycles. The van der Waals surface area contributed by atoms with Gasteiger partial charge in [0.25, 0.3) is 0 Å². The van der Waals surface area contributed by atoms with Crippen molar-refractivity contribution >= 4 is 0 Å². The van der Waals surface area contributed by atoms with Crippen LogP contribution in [0.5, 0.6) is 0 Å². The van der Waals surface area contributed by atoms with Crippen molar-refractivity contribution in [2.45, 2.75) is 13.8 Å². The summed E-state index contributed by atoms with van der Waals surface area (Å²) >= 11 is 0. The lowest BCUT2D eigenvalue weighted by Crippen LogP contribution is -1.80.